The van der Waals surface area contributed by atoms with Crippen LogP contribution in [0.2, 0.25) is 0 Å². The monoisotopic (exact) mass is 313 g/mol. The van der Waals surface area contributed by atoms with Gasteiger partial charge in [0.05, 0.1) is 11.2 Å². The Kier molecular flexibility index (Phi) is 3.99. The van der Waals surface area contributed by atoms with Gasteiger partial charge in [0.15, 0.2) is 0 Å². The summed E-state index contributed by atoms with van der Waals surface area (Å²) in [6.45, 7) is 0. The van der Waals surface area contributed by atoms with E-state index in [-0.39, 0.29) is 18.2 Å². The first-order valence-electron chi connectivity index (χ1n) is 7.24. The van der Waals surface area contributed by atoms with Crippen LogP contribution in [0.4, 0.5) is 15.8 Å². The quantitative estimate of drug-likeness (QED) is 0.777. The highest BCUT2D eigenvalue weighted by Crippen LogP contribution is 2.35. The Bertz CT molecular complexity index is 832. The molecule has 0 spiro atoms. The normalized spacial score (nSPS) is 12.8. The lowest BCUT2D eigenvalue weighted by Crippen LogP contribution is -3.00. The summed E-state index contributed by atoms with van der Waals surface area (Å²) in [6, 6.07) is 14.7. The standard InChI is InChI=1S/C18H15FN2.ClH/c19-12-5-3-6-13(11-12)20-18-14-7-1-2-9-16(14)21-17-10-4-8-15(17)18;/h1-3,5-7,9,11H,4,8,10H2,(H,20,21);1H/p-1. The molecule has 3 aromatic rings. The molecule has 1 aliphatic carbocycles. The highest BCUT2D eigenvalue weighted by molar-refractivity contribution is 5.95. The van der Waals surface area contributed by atoms with Crippen molar-refractivity contribution >= 4 is 22.3 Å². The summed E-state index contributed by atoms with van der Waals surface area (Å²) in [4.78, 5) is 4.76. The third-order valence-corrected chi connectivity index (χ3v) is 4.01. The van der Waals surface area contributed by atoms with Crippen LogP contribution in [0.1, 0.15) is 17.7 Å². The summed E-state index contributed by atoms with van der Waals surface area (Å²) in [6.07, 6.45) is 3.19. The van der Waals surface area contributed by atoms with Gasteiger partial charge in [-0.3, -0.25) is 4.98 Å². The molecule has 0 radical (unpaired) electrons. The number of nitrogens with one attached hydrogen (secondary N) is 1. The Morgan fingerprint density at radius 2 is 1.86 bits per heavy atom. The molecule has 1 aliphatic rings. The van der Waals surface area contributed by atoms with Crippen molar-refractivity contribution in [2.24, 2.45) is 0 Å². The zero-order chi connectivity index (χ0) is 14.2. The summed E-state index contributed by atoms with van der Waals surface area (Å²) < 4.78 is 13.4. The Morgan fingerprint density at radius 3 is 2.73 bits per heavy atom. The third-order valence-electron chi connectivity index (χ3n) is 4.01. The molecule has 0 bridgehead atoms. The number of anilines is 2. The molecule has 4 heteroatoms. The van der Waals surface area contributed by atoms with Gasteiger partial charge in [-0.05, 0) is 49.1 Å². The number of para-hydroxylation sites is 1. The fourth-order valence-corrected chi connectivity index (χ4v) is 3.06. The van der Waals surface area contributed by atoms with Crippen LogP contribution >= 0.6 is 0 Å². The van der Waals surface area contributed by atoms with Crippen LogP contribution in [-0.2, 0) is 12.8 Å². The largest absolute Gasteiger partial charge is 1.00 e. The van der Waals surface area contributed by atoms with E-state index in [9.17, 15) is 4.39 Å². The number of fused-ring (bicyclic) bond motifs is 2. The van der Waals surface area contributed by atoms with Crippen molar-refractivity contribution in [3.8, 4) is 0 Å². The van der Waals surface area contributed by atoms with Gasteiger partial charge in [0.25, 0.3) is 0 Å². The lowest BCUT2D eigenvalue weighted by molar-refractivity contribution is -0.00000480. The number of aromatic nitrogens is 1. The zero-order valence-corrected chi connectivity index (χ0v) is 12.7. The number of rotatable bonds is 2. The predicted octanol–water partition coefficient (Wildman–Crippen LogP) is 1.61. The molecule has 4 rings (SSSR count). The summed E-state index contributed by atoms with van der Waals surface area (Å²) in [7, 11) is 0. The van der Waals surface area contributed by atoms with Gasteiger partial charge in [0.1, 0.15) is 5.82 Å². The first kappa shape index (κ1) is 14.8. The Hall–Kier alpha value is -2.13. The summed E-state index contributed by atoms with van der Waals surface area (Å²) >= 11 is 0. The van der Waals surface area contributed by atoms with Crippen LogP contribution in [0.15, 0.2) is 48.5 Å². The van der Waals surface area contributed by atoms with E-state index >= 15 is 0 Å². The first-order valence-corrected chi connectivity index (χ1v) is 7.24. The maximum absolute atomic E-state index is 13.4. The average Bonchev–Trinajstić information content (AvgIpc) is 2.95. The maximum atomic E-state index is 13.4. The minimum Gasteiger partial charge on any atom is -1.00 e. The van der Waals surface area contributed by atoms with E-state index < -0.39 is 0 Å². The molecule has 1 aromatic heterocycles. The Balaban J connectivity index is 0.00000144. The molecule has 1 N–H and O–H groups in total. The molecule has 0 saturated carbocycles. The molecular weight excluding hydrogens is 299 g/mol. The molecule has 0 fully saturated rings. The van der Waals surface area contributed by atoms with Gasteiger partial charge in [-0.1, -0.05) is 24.3 Å². The van der Waals surface area contributed by atoms with Crippen molar-refractivity contribution < 1.29 is 16.8 Å². The Labute approximate surface area is 134 Å². The van der Waals surface area contributed by atoms with Crippen molar-refractivity contribution in [3.63, 3.8) is 0 Å². The number of hydrogen-bond donors (Lipinski definition) is 1. The number of nitrogens with zero attached hydrogens (tertiary/aromatic N) is 1. The van der Waals surface area contributed by atoms with Crippen molar-refractivity contribution in [3.05, 3.63) is 65.6 Å². The van der Waals surface area contributed by atoms with Gasteiger partial charge in [-0.2, -0.15) is 0 Å². The van der Waals surface area contributed by atoms with E-state index in [4.69, 9.17) is 4.98 Å². The average molecular weight is 314 g/mol. The van der Waals surface area contributed by atoms with Crippen molar-refractivity contribution in [1.82, 2.24) is 4.98 Å². The molecule has 0 saturated heterocycles. The lowest BCUT2D eigenvalue weighted by atomic mass is 10.1. The molecule has 0 unspecified atom stereocenters. The molecule has 112 valence electrons. The molecule has 1 heterocycles. The predicted molar refractivity (Wildman–Crippen MR) is 83.5 cm³/mol. The van der Waals surface area contributed by atoms with Gasteiger partial charge in [0.2, 0.25) is 0 Å². The van der Waals surface area contributed by atoms with Crippen LogP contribution < -0.4 is 17.7 Å². The number of benzene rings is 2. The number of halogens is 2. The molecule has 0 aliphatic heterocycles. The van der Waals surface area contributed by atoms with Crippen molar-refractivity contribution in [1.29, 1.82) is 0 Å². The summed E-state index contributed by atoms with van der Waals surface area (Å²) in [5, 5.41) is 4.51. The third kappa shape index (κ3) is 2.53. The van der Waals surface area contributed by atoms with Crippen LogP contribution in [0, 0.1) is 5.82 Å². The number of aryl methyl sites for hydroxylation is 1. The van der Waals surface area contributed by atoms with E-state index in [2.05, 4.69) is 11.4 Å². The van der Waals surface area contributed by atoms with E-state index in [1.54, 1.807) is 6.07 Å². The Morgan fingerprint density at radius 1 is 1.00 bits per heavy atom. The van der Waals surface area contributed by atoms with Gasteiger partial charge >= 0.3 is 0 Å². The second-order valence-electron chi connectivity index (χ2n) is 5.42. The topological polar surface area (TPSA) is 24.9 Å². The molecular formula is C18H15ClFN2-. The van der Waals surface area contributed by atoms with Crippen molar-refractivity contribution in [2.45, 2.75) is 19.3 Å². The van der Waals surface area contributed by atoms with Gasteiger partial charge < -0.3 is 17.7 Å². The number of pyridine rings is 1. The SMILES string of the molecule is Fc1cccc(Nc2c3c(nc4ccccc24)CCC3)c1.[Cl-]. The minimum atomic E-state index is -0.227. The molecule has 2 nitrogen and oxygen atoms in total. The smallest absolute Gasteiger partial charge is 0.125 e. The highest BCUT2D eigenvalue weighted by Gasteiger charge is 2.19. The second kappa shape index (κ2) is 5.93. The fourth-order valence-electron chi connectivity index (χ4n) is 3.06. The van der Waals surface area contributed by atoms with Crippen LogP contribution in [0.3, 0.4) is 0 Å². The first-order chi connectivity index (χ1) is 10.3. The van der Waals surface area contributed by atoms with E-state index in [1.165, 1.54) is 23.4 Å². The van der Waals surface area contributed by atoms with Crippen LogP contribution in [0.5, 0.6) is 0 Å². The lowest BCUT2D eigenvalue weighted by Gasteiger charge is -2.14. The maximum Gasteiger partial charge on any atom is 0.125 e. The molecule has 0 amide bonds. The van der Waals surface area contributed by atoms with Crippen LogP contribution in [0.25, 0.3) is 10.9 Å². The van der Waals surface area contributed by atoms with E-state index in [0.29, 0.717) is 0 Å². The highest BCUT2D eigenvalue weighted by atomic mass is 35.5. The molecule has 22 heavy (non-hydrogen) atoms. The van der Waals surface area contributed by atoms with Crippen LogP contribution in [-0.4, -0.2) is 4.98 Å². The summed E-state index contributed by atoms with van der Waals surface area (Å²) in [5.74, 6) is -0.227. The van der Waals surface area contributed by atoms with Gasteiger partial charge in [-0.25, -0.2) is 4.39 Å². The molecule has 0 atom stereocenters. The second-order valence-corrected chi connectivity index (χ2v) is 5.42. The number of hydrogen-bond acceptors (Lipinski definition) is 2. The fraction of sp³-hybridized carbons (Fsp3) is 0.167. The minimum absolute atomic E-state index is 0. The van der Waals surface area contributed by atoms with E-state index in [1.807, 2.05) is 24.3 Å². The van der Waals surface area contributed by atoms with Gasteiger partial charge in [0, 0.05) is 16.8 Å². The van der Waals surface area contributed by atoms with E-state index in [0.717, 1.165) is 41.5 Å². The van der Waals surface area contributed by atoms with Crippen molar-refractivity contribution in [2.75, 3.05) is 5.32 Å². The van der Waals surface area contributed by atoms with Gasteiger partial charge in [-0.15, -0.1) is 0 Å². The summed E-state index contributed by atoms with van der Waals surface area (Å²) in [5.41, 5.74) is 5.31. The molecule has 2 aromatic carbocycles. The zero-order valence-electron chi connectivity index (χ0n) is 11.9.